The van der Waals surface area contributed by atoms with Gasteiger partial charge in [0.15, 0.2) is 0 Å². The van der Waals surface area contributed by atoms with E-state index in [1.54, 1.807) is 24.3 Å². The molecule has 0 bridgehead atoms. The SMILES string of the molecule is Cc1ccc(C)n1-c1ccc(C(=O)NCC(=O)Nc2cccc(S(=O)(=O)N3CCCC3)c2)cc1. The summed E-state index contributed by atoms with van der Waals surface area (Å²) in [5, 5.41) is 5.25. The number of aromatic nitrogens is 1. The van der Waals surface area contributed by atoms with Crippen LogP contribution in [0, 0.1) is 13.8 Å². The molecular formula is C25H28N4O4S. The lowest BCUT2D eigenvalue weighted by atomic mass is 10.2. The minimum atomic E-state index is -3.57. The second kappa shape index (κ2) is 9.82. The van der Waals surface area contributed by atoms with E-state index in [4.69, 9.17) is 0 Å². The molecule has 8 nitrogen and oxygen atoms in total. The molecule has 0 atom stereocenters. The van der Waals surface area contributed by atoms with Crippen molar-refractivity contribution in [3.05, 3.63) is 77.6 Å². The zero-order chi connectivity index (χ0) is 24.3. The predicted octanol–water partition coefficient (Wildman–Crippen LogP) is 3.25. The van der Waals surface area contributed by atoms with Crippen LogP contribution in [0.4, 0.5) is 5.69 Å². The van der Waals surface area contributed by atoms with Crippen molar-refractivity contribution in [2.45, 2.75) is 31.6 Å². The van der Waals surface area contributed by atoms with Crippen LogP contribution in [0.2, 0.25) is 0 Å². The summed E-state index contributed by atoms with van der Waals surface area (Å²) < 4.78 is 29.0. The number of aryl methyl sites for hydroxylation is 2. The largest absolute Gasteiger partial charge is 0.343 e. The summed E-state index contributed by atoms with van der Waals surface area (Å²) in [4.78, 5) is 25.0. The minimum Gasteiger partial charge on any atom is -0.343 e. The summed E-state index contributed by atoms with van der Waals surface area (Å²) in [7, 11) is -3.57. The molecule has 2 aromatic carbocycles. The van der Waals surface area contributed by atoms with Gasteiger partial charge in [-0.25, -0.2) is 8.42 Å². The number of carbonyl (C=O) groups is 2. The molecule has 0 aliphatic carbocycles. The van der Waals surface area contributed by atoms with Gasteiger partial charge in [-0.3, -0.25) is 9.59 Å². The van der Waals surface area contributed by atoms with Crippen LogP contribution in [0.25, 0.3) is 5.69 Å². The topological polar surface area (TPSA) is 101 Å². The second-order valence-corrected chi connectivity index (χ2v) is 10.3. The number of carbonyl (C=O) groups excluding carboxylic acids is 2. The van der Waals surface area contributed by atoms with Gasteiger partial charge in [0.25, 0.3) is 5.91 Å². The third kappa shape index (κ3) is 5.05. The lowest BCUT2D eigenvalue weighted by molar-refractivity contribution is -0.115. The summed E-state index contributed by atoms with van der Waals surface area (Å²) in [6.07, 6.45) is 1.70. The predicted molar refractivity (Wildman–Crippen MR) is 131 cm³/mol. The molecule has 3 aromatic rings. The molecule has 1 aliphatic heterocycles. The molecule has 0 radical (unpaired) electrons. The van der Waals surface area contributed by atoms with Crippen molar-refractivity contribution in [1.29, 1.82) is 0 Å². The Morgan fingerprint density at radius 1 is 0.912 bits per heavy atom. The molecule has 1 saturated heterocycles. The number of anilines is 1. The summed E-state index contributed by atoms with van der Waals surface area (Å²) in [6.45, 7) is 4.82. The first-order valence-electron chi connectivity index (χ1n) is 11.2. The van der Waals surface area contributed by atoms with Crippen LogP contribution in [0.5, 0.6) is 0 Å². The number of hydrogen-bond acceptors (Lipinski definition) is 4. The van der Waals surface area contributed by atoms with Crippen LogP contribution in [0.15, 0.2) is 65.6 Å². The van der Waals surface area contributed by atoms with Crippen molar-refractivity contribution in [1.82, 2.24) is 14.2 Å². The van der Waals surface area contributed by atoms with E-state index in [0.29, 0.717) is 24.3 Å². The average molecular weight is 481 g/mol. The standard InChI is InChI=1S/C25H28N4O4S/c1-18-8-9-19(2)29(18)22-12-10-20(11-13-22)25(31)26-17-24(30)27-21-6-5-7-23(16-21)34(32,33)28-14-3-4-15-28/h5-13,16H,3-4,14-15,17H2,1-2H3,(H,26,31)(H,27,30). The third-order valence-electron chi connectivity index (χ3n) is 5.89. The maximum atomic E-state index is 12.7. The Bertz CT molecular complexity index is 1290. The first kappa shape index (κ1) is 23.7. The van der Waals surface area contributed by atoms with Gasteiger partial charge in [0.05, 0.1) is 11.4 Å². The van der Waals surface area contributed by atoms with Gasteiger partial charge in [-0.1, -0.05) is 6.07 Å². The van der Waals surface area contributed by atoms with E-state index >= 15 is 0 Å². The van der Waals surface area contributed by atoms with Gasteiger partial charge in [-0.2, -0.15) is 4.31 Å². The van der Waals surface area contributed by atoms with Crippen LogP contribution in [-0.2, 0) is 14.8 Å². The molecule has 4 rings (SSSR count). The molecule has 2 N–H and O–H groups in total. The maximum absolute atomic E-state index is 12.7. The van der Waals surface area contributed by atoms with Gasteiger partial charge in [0, 0.05) is 41.4 Å². The van der Waals surface area contributed by atoms with Gasteiger partial charge in [0.2, 0.25) is 15.9 Å². The molecular weight excluding hydrogens is 452 g/mol. The molecule has 1 aliphatic rings. The van der Waals surface area contributed by atoms with Crippen molar-refractivity contribution in [3.63, 3.8) is 0 Å². The maximum Gasteiger partial charge on any atom is 0.251 e. The summed E-state index contributed by atoms with van der Waals surface area (Å²) in [6, 6.07) is 17.4. The third-order valence-corrected chi connectivity index (χ3v) is 7.78. The highest BCUT2D eigenvalue weighted by Gasteiger charge is 2.27. The van der Waals surface area contributed by atoms with Gasteiger partial charge in [-0.15, -0.1) is 0 Å². The zero-order valence-electron chi connectivity index (χ0n) is 19.2. The Kier molecular flexibility index (Phi) is 6.85. The highest BCUT2D eigenvalue weighted by molar-refractivity contribution is 7.89. The zero-order valence-corrected chi connectivity index (χ0v) is 20.1. The fraction of sp³-hybridized carbons (Fsp3) is 0.280. The molecule has 1 fully saturated rings. The van der Waals surface area contributed by atoms with Crippen LogP contribution in [0.1, 0.15) is 34.6 Å². The number of rotatable bonds is 7. The van der Waals surface area contributed by atoms with Crippen molar-refractivity contribution >= 4 is 27.5 Å². The molecule has 9 heteroatoms. The van der Waals surface area contributed by atoms with E-state index in [-0.39, 0.29) is 17.3 Å². The molecule has 0 saturated carbocycles. The van der Waals surface area contributed by atoms with Crippen LogP contribution in [-0.4, -0.2) is 48.7 Å². The van der Waals surface area contributed by atoms with Crippen LogP contribution < -0.4 is 10.6 Å². The van der Waals surface area contributed by atoms with Crippen LogP contribution >= 0.6 is 0 Å². The Labute approximate surface area is 199 Å². The van der Waals surface area contributed by atoms with E-state index in [2.05, 4.69) is 15.2 Å². The number of benzene rings is 2. The normalized spacial score (nSPS) is 14.2. The van der Waals surface area contributed by atoms with Crippen molar-refractivity contribution in [2.75, 3.05) is 25.0 Å². The highest BCUT2D eigenvalue weighted by Crippen LogP contribution is 2.23. The minimum absolute atomic E-state index is 0.143. The summed E-state index contributed by atoms with van der Waals surface area (Å²) >= 11 is 0. The van der Waals surface area contributed by atoms with Gasteiger partial charge >= 0.3 is 0 Å². The Morgan fingerprint density at radius 3 is 2.21 bits per heavy atom. The highest BCUT2D eigenvalue weighted by atomic mass is 32.2. The molecule has 0 unspecified atom stereocenters. The summed E-state index contributed by atoms with van der Waals surface area (Å²) in [5.74, 6) is -0.813. The van der Waals surface area contributed by atoms with E-state index in [0.717, 1.165) is 29.9 Å². The average Bonchev–Trinajstić information content (AvgIpc) is 3.48. The molecule has 0 spiro atoms. The first-order valence-corrected chi connectivity index (χ1v) is 12.6. The molecule has 2 amide bonds. The molecule has 1 aromatic heterocycles. The Hall–Kier alpha value is -3.43. The van der Waals surface area contributed by atoms with Gasteiger partial charge in [-0.05, 0) is 81.3 Å². The fourth-order valence-electron chi connectivity index (χ4n) is 4.12. The van der Waals surface area contributed by atoms with Gasteiger partial charge in [0.1, 0.15) is 0 Å². The smallest absolute Gasteiger partial charge is 0.251 e. The van der Waals surface area contributed by atoms with E-state index < -0.39 is 15.9 Å². The van der Waals surface area contributed by atoms with E-state index in [1.165, 1.54) is 16.4 Å². The van der Waals surface area contributed by atoms with Crippen molar-refractivity contribution in [3.8, 4) is 5.69 Å². The lowest BCUT2D eigenvalue weighted by Gasteiger charge is -2.16. The molecule has 2 heterocycles. The van der Waals surface area contributed by atoms with E-state index in [1.807, 2.05) is 38.1 Å². The number of nitrogens with one attached hydrogen (secondary N) is 2. The van der Waals surface area contributed by atoms with Crippen LogP contribution in [0.3, 0.4) is 0 Å². The quantitative estimate of drug-likeness (QED) is 0.542. The van der Waals surface area contributed by atoms with Crippen molar-refractivity contribution < 1.29 is 18.0 Å². The van der Waals surface area contributed by atoms with E-state index in [9.17, 15) is 18.0 Å². The second-order valence-electron chi connectivity index (χ2n) is 8.37. The lowest BCUT2D eigenvalue weighted by Crippen LogP contribution is -2.33. The molecule has 178 valence electrons. The Balaban J connectivity index is 1.35. The summed E-state index contributed by atoms with van der Waals surface area (Å²) in [5.41, 5.74) is 3.96. The van der Waals surface area contributed by atoms with Gasteiger partial charge < -0.3 is 15.2 Å². The monoisotopic (exact) mass is 480 g/mol. The van der Waals surface area contributed by atoms with Crippen molar-refractivity contribution in [2.24, 2.45) is 0 Å². The Morgan fingerprint density at radius 2 is 1.56 bits per heavy atom. The number of hydrogen-bond donors (Lipinski definition) is 2. The number of amides is 2. The molecule has 34 heavy (non-hydrogen) atoms. The fourth-order valence-corrected chi connectivity index (χ4v) is 5.68. The first-order chi connectivity index (χ1) is 16.3. The number of sulfonamides is 1. The number of nitrogens with zero attached hydrogens (tertiary/aromatic N) is 2.